The predicted octanol–water partition coefficient (Wildman–Crippen LogP) is 3.48. The number of nitrogens with zero attached hydrogens (tertiary/aromatic N) is 2. The number of benzene rings is 1. The van der Waals surface area contributed by atoms with Crippen molar-refractivity contribution in [3.05, 3.63) is 55.4 Å². The largest absolute Gasteiger partial charge is 0.434 e. The van der Waals surface area contributed by atoms with E-state index in [4.69, 9.17) is 5.26 Å². The molecule has 1 aromatic heterocycles. The van der Waals surface area contributed by atoms with Crippen molar-refractivity contribution in [1.29, 1.82) is 5.26 Å². The predicted molar refractivity (Wildman–Crippen MR) is 84.0 cm³/mol. The maximum atomic E-state index is 12.4. The Morgan fingerprint density at radius 2 is 2.17 bits per heavy atom. The first kappa shape index (κ1) is 16.8. The number of aromatic nitrogens is 2. The summed E-state index contributed by atoms with van der Waals surface area (Å²) in [4.78, 5) is 11.4. The van der Waals surface area contributed by atoms with Crippen LogP contribution in [0.3, 0.4) is 0 Å². The minimum Gasteiger partial charge on any atom is -0.434 e. The third kappa shape index (κ3) is 4.02. The Labute approximate surface area is 138 Å². The van der Waals surface area contributed by atoms with Crippen molar-refractivity contribution in [3.63, 3.8) is 0 Å². The molecule has 0 aliphatic rings. The van der Waals surface area contributed by atoms with Crippen molar-refractivity contribution >= 4 is 28.1 Å². The number of nitrogens with one attached hydrogen (secondary N) is 1. The Morgan fingerprint density at radius 3 is 2.83 bits per heavy atom. The molecule has 1 heterocycles. The molecule has 0 unspecified atom stereocenters. The van der Waals surface area contributed by atoms with Crippen molar-refractivity contribution < 1.29 is 13.5 Å². The molecule has 2 rings (SSSR count). The van der Waals surface area contributed by atoms with Crippen LogP contribution >= 0.6 is 15.9 Å². The molecule has 1 aromatic carbocycles. The van der Waals surface area contributed by atoms with Gasteiger partial charge in [0.1, 0.15) is 17.4 Å². The molecule has 118 valence electrons. The summed E-state index contributed by atoms with van der Waals surface area (Å²) >= 11 is 3.25. The Balaban J connectivity index is 2.43. The molecule has 0 saturated carbocycles. The molecule has 0 radical (unpaired) electrons. The van der Waals surface area contributed by atoms with E-state index in [0.29, 0.717) is 21.3 Å². The zero-order chi connectivity index (χ0) is 17.0. The molecule has 0 spiro atoms. The Kier molecular flexibility index (Phi) is 5.24. The van der Waals surface area contributed by atoms with Gasteiger partial charge in [-0.1, -0.05) is 15.9 Å². The summed E-state index contributed by atoms with van der Waals surface area (Å²) in [6.07, 6.45) is 3.02. The molecule has 0 saturated heterocycles. The summed E-state index contributed by atoms with van der Waals surface area (Å²) < 4.78 is 30.0. The van der Waals surface area contributed by atoms with Crippen LogP contribution in [0.4, 0.5) is 8.78 Å². The fraction of sp³-hybridized carbons (Fsp3) is 0.133. The van der Waals surface area contributed by atoms with Crippen LogP contribution in [0.15, 0.2) is 27.5 Å². The van der Waals surface area contributed by atoms with Gasteiger partial charge in [0, 0.05) is 10.0 Å². The van der Waals surface area contributed by atoms with Gasteiger partial charge in [0.05, 0.1) is 5.69 Å². The normalized spacial score (nSPS) is 11.0. The van der Waals surface area contributed by atoms with E-state index < -0.39 is 12.2 Å². The highest BCUT2D eigenvalue weighted by molar-refractivity contribution is 9.10. The van der Waals surface area contributed by atoms with Crippen molar-refractivity contribution in [2.24, 2.45) is 0 Å². The average molecular weight is 382 g/mol. The number of H-pyrrole nitrogens is 1. The monoisotopic (exact) mass is 381 g/mol. The van der Waals surface area contributed by atoms with Gasteiger partial charge in [-0.05, 0) is 42.8 Å². The SMILES string of the molecule is Cc1c(/C=C/c2cc(Br)ccc2OC(F)F)n[nH]c(=O)c1C#N. The molecule has 1 N–H and O–H groups in total. The summed E-state index contributed by atoms with van der Waals surface area (Å²) in [7, 11) is 0. The molecule has 0 aliphatic heterocycles. The highest BCUT2D eigenvalue weighted by Crippen LogP contribution is 2.26. The second kappa shape index (κ2) is 7.15. The quantitative estimate of drug-likeness (QED) is 0.878. The third-order valence-electron chi connectivity index (χ3n) is 2.98. The molecular weight excluding hydrogens is 372 g/mol. The highest BCUT2D eigenvalue weighted by atomic mass is 79.9. The summed E-state index contributed by atoms with van der Waals surface area (Å²) in [6.45, 7) is -1.36. The van der Waals surface area contributed by atoms with Gasteiger partial charge in [0.15, 0.2) is 0 Å². The van der Waals surface area contributed by atoms with Gasteiger partial charge < -0.3 is 4.74 Å². The first-order valence-electron chi connectivity index (χ1n) is 6.34. The van der Waals surface area contributed by atoms with Crippen LogP contribution in [0, 0.1) is 18.3 Å². The van der Waals surface area contributed by atoms with Crippen LogP contribution in [-0.2, 0) is 0 Å². The summed E-state index contributed by atoms with van der Waals surface area (Å²) in [5.74, 6) is 0.00188. The molecule has 23 heavy (non-hydrogen) atoms. The lowest BCUT2D eigenvalue weighted by molar-refractivity contribution is -0.0499. The topological polar surface area (TPSA) is 78.8 Å². The Morgan fingerprint density at radius 1 is 1.43 bits per heavy atom. The lowest BCUT2D eigenvalue weighted by atomic mass is 10.1. The first-order valence-corrected chi connectivity index (χ1v) is 7.13. The average Bonchev–Trinajstić information content (AvgIpc) is 2.49. The van der Waals surface area contributed by atoms with E-state index in [1.807, 2.05) is 0 Å². The first-order chi connectivity index (χ1) is 10.9. The minimum absolute atomic E-state index is 0.00188. The van der Waals surface area contributed by atoms with Crippen LogP contribution < -0.4 is 10.3 Å². The highest BCUT2D eigenvalue weighted by Gasteiger charge is 2.10. The summed E-state index contributed by atoms with van der Waals surface area (Å²) in [6, 6.07) is 6.38. The van der Waals surface area contributed by atoms with Crippen molar-refractivity contribution in [1.82, 2.24) is 10.2 Å². The number of aromatic amines is 1. The van der Waals surface area contributed by atoms with Crippen molar-refractivity contribution in [3.8, 4) is 11.8 Å². The number of rotatable bonds is 4. The van der Waals surface area contributed by atoms with E-state index in [2.05, 4.69) is 30.9 Å². The number of nitriles is 1. The molecule has 0 fully saturated rings. The second-order valence-electron chi connectivity index (χ2n) is 4.44. The lowest BCUT2D eigenvalue weighted by Gasteiger charge is -2.08. The molecule has 2 aromatic rings. The summed E-state index contributed by atoms with van der Waals surface area (Å²) in [5.41, 5.74) is 0.526. The zero-order valence-corrected chi connectivity index (χ0v) is 13.4. The number of hydrogen-bond donors (Lipinski definition) is 1. The van der Waals surface area contributed by atoms with Crippen molar-refractivity contribution in [2.45, 2.75) is 13.5 Å². The van der Waals surface area contributed by atoms with Gasteiger partial charge in [-0.2, -0.15) is 19.1 Å². The van der Waals surface area contributed by atoms with E-state index in [0.717, 1.165) is 0 Å². The molecule has 0 bridgehead atoms. The van der Waals surface area contributed by atoms with Crippen LogP contribution in [0.25, 0.3) is 12.2 Å². The van der Waals surface area contributed by atoms with Gasteiger partial charge in [0.2, 0.25) is 0 Å². The maximum Gasteiger partial charge on any atom is 0.387 e. The van der Waals surface area contributed by atoms with Gasteiger partial charge >= 0.3 is 6.61 Å². The Bertz CT molecular complexity index is 857. The van der Waals surface area contributed by atoms with E-state index in [1.54, 1.807) is 25.1 Å². The molecule has 0 amide bonds. The van der Waals surface area contributed by atoms with Gasteiger partial charge in [0.25, 0.3) is 5.56 Å². The third-order valence-corrected chi connectivity index (χ3v) is 3.48. The number of halogens is 3. The smallest absolute Gasteiger partial charge is 0.387 e. The fourth-order valence-corrected chi connectivity index (χ4v) is 2.25. The van der Waals surface area contributed by atoms with E-state index in [1.165, 1.54) is 18.2 Å². The van der Waals surface area contributed by atoms with Crippen molar-refractivity contribution in [2.75, 3.05) is 0 Å². The van der Waals surface area contributed by atoms with Crippen LogP contribution in [0.2, 0.25) is 0 Å². The molecule has 0 atom stereocenters. The second-order valence-corrected chi connectivity index (χ2v) is 5.36. The van der Waals surface area contributed by atoms with Gasteiger partial charge in [-0.3, -0.25) is 4.79 Å². The van der Waals surface area contributed by atoms with Crippen LogP contribution in [0.1, 0.15) is 22.4 Å². The minimum atomic E-state index is -2.94. The maximum absolute atomic E-state index is 12.4. The Hall–Kier alpha value is -2.53. The van der Waals surface area contributed by atoms with E-state index in [9.17, 15) is 13.6 Å². The molecule has 5 nitrogen and oxygen atoms in total. The zero-order valence-electron chi connectivity index (χ0n) is 11.8. The number of alkyl halides is 2. The lowest BCUT2D eigenvalue weighted by Crippen LogP contribution is -2.15. The van der Waals surface area contributed by atoms with Gasteiger partial charge in [-0.25, -0.2) is 5.10 Å². The number of hydrogen-bond acceptors (Lipinski definition) is 4. The van der Waals surface area contributed by atoms with E-state index >= 15 is 0 Å². The van der Waals surface area contributed by atoms with E-state index in [-0.39, 0.29) is 11.3 Å². The van der Waals surface area contributed by atoms with Crippen LogP contribution in [-0.4, -0.2) is 16.8 Å². The van der Waals surface area contributed by atoms with Gasteiger partial charge in [-0.15, -0.1) is 0 Å². The standard InChI is InChI=1S/C15H10BrF2N3O2/c1-8-11(7-19)14(22)21-20-12(8)4-2-9-6-10(16)3-5-13(9)23-15(17)18/h2-6,15H,1H3,(H,21,22)/b4-2+. The fourth-order valence-electron chi connectivity index (χ4n) is 1.87. The summed E-state index contributed by atoms with van der Waals surface area (Å²) in [5, 5.41) is 15.0. The molecular formula is C15H10BrF2N3O2. The van der Waals surface area contributed by atoms with Crippen LogP contribution in [0.5, 0.6) is 5.75 Å². The molecule has 0 aliphatic carbocycles. The number of ether oxygens (including phenoxy) is 1. The molecule has 8 heteroatoms.